The molecule has 152 valence electrons. The molecule has 0 saturated carbocycles. The second-order valence-corrected chi connectivity index (χ2v) is 9.86. The van der Waals surface area contributed by atoms with E-state index >= 15 is 0 Å². The molecule has 0 bridgehead atoms. The number of aromatic nitrogens is 1. The third kappa shape index (κ3) is 2.84. The summed E-state index contributed by atoms with van der Waals surface area (Å²) in [6.07, 6.45) is 1.31. The first-order chi connectivity index (χ1) is 14.4. The van der Waals surface area contributed by atoms with Gasteiger partial charge in [-0.1, -0.05) is 60.2 Å². The average Bonchev–Trinajstić information content (AvgIpc) is 3.09. The quantitative estimate of drug-likeness (QED) is 0.447. The first-order valence-corrected chi connectivity index (χ1v) is 11.5. The number of hydrogen-bond donors (Lipinski definition) is 0. The maximum Gasteiger partial charge on any atom is 0.268 e. The van der Waals surface area contributed by atoms with Crippen molar-refractivity contribution >= 4 is 20.9 Å². The summed E-state index contributed by atoms with van der Waals surface area (Å²) in [6, 6.07) is 24.7. The lowest BCUT2D eigenvalue weighted by molar-refractivity contribution is 0.0637. The standard InChI is InChI=1S/C25H23NO3S/c1-18-12-14-20(15-13-18)30(27,28)26-22-11-7-6-10-21(22)24-23(26)16-17-25(2,29-24)19-8-4-3-5-9-19/h3-15H,16-17H2,1-2H3. The van der Waals surface area contributed by atoms with Gasteiger partial charge in [-0.05, 0) is 56.5 Å². The summed E-state index contributed by atoms with van der Waals surface area (Å²) in [5.41, 5.74) is 2.98. The van der Waals surface area contributed by atoms with Crippen molar-refractivity contribution < 1.29 is 13.2 Å². The SMILES string of the molecule is Cc1ccc(S(=O)(=O)n2c3c(c4ccccc42)OC(C)(c2ccccc2)CC3)cc1. The number of benzene rings is 3. The van der Waals surface area contributed by atoms with Crippen LogP contribution in [0.1, 0.15) is 30.2 Å². The van der Waals surface area contributed by atoms with E-state index < -0.39 is 15.6 Å². The van der Waals surface area contributed by atoms with Gasteiger partial charge in [0.2, 0.25) is 0 Å². The number of aryl methyl sites for hydroxylation is 1. The zero-order chi connectivity index (χ0) is 20.9. The van der Waals surface area contributed by atoms with E-state index in [1.54, 1.807) is 12.1 Å². The van der Waals surface area contributed by atoms with Crippen LogP contribution >= 0.6 is 0 Å². The predicted molar refractivity (Wildman–Crippen MR) is 118 cm³/mol. The van der Waals surface area contributed by atoms with Gasteiger partial charge in [-0.25, -0.2) is 12.4 Å². The third-order valence-electron chi connectivity index (χ3n) is 5.98. The zero-order valence-corrected chi connectivity index (χ0v) is 17.8. The molecule has 1 aliphatic heterocycles. The Hall–Kier alpha value is -3.05. The maximum atomic E-state index is 13.6. The molecule has 1 aromatic heterocycles. The van der Waals surface area contributed by atoms with Crippen molar-refractivity contribution in [1.29, 1.82) is 0 Å². The van der Waals surface area contributed by atoms with Crippen LogP contribution in [-0.4, -0.2) is 12.4 Å². The van der Waals surface area contributed by atoms with Gasteiger partial charge in [-0.15, -0.1) is 0 Å². The summed E-state index contributed by atoms with van der Waals surface area (Å²) in [6.45, 7) is 4.02. The van der Waals surface area contributed by atoms with Crippen molar-refractivity contribution in [3.63, 3.8) is 0 Å². The summed E-state index contributed by atoms with van der Waals surface area (Å²) in [7, 11) is -3.75. The van der Waals surface area contributed by atoms with Crippen molar-refractivity contribution in [2.24, 2.45) is 0 Å². The molecule has 0 radical (unpaired) electrons. The van der Waals surface area contributed by atoms with Crippen molar-refractivity contribution in [2.45, 2.75) is 37.2 Å². The second-order valence-electron chi connectivity index (χ2n) is 8.07. The Bertz CT molecular complexity index is 1340. The van der Waals surface area contributed by atoms with Crippen LogP contribution in [0.15, 0.2) is 83.8 Å². The van der Waals surface area contributed by atoms with Crippen LogP contribution in [-0.2, 0) is 22.0 Å². The monoisotopic (exact) mass is 417 g/mol. The summed E-state index contributed by atoms with van der Waals surface area (Å²) >= 11 is 0. The van der Waals surface area contributed by atoms with E-state index in [0.29, 0.717) is 29.8 Å². The Balaban J connectivity index is 1.71. The smallest absolute Gasteiger partial charge is 0.268 e. The molecule has 0 saturated heterocycles. The van der Waals surface area contributed by atoms with E-state index in [9.17, 15) is 8.42 Å². The zero-order valence-electron chi connectivity index (χ0n) is 17.0. The van der Waals surface area contributed by atoms with Crippen molar-refractivity contribution in [1.82, 2.24) is 3.97 Å². The molecule has 0 fully saturated rings. The summed E-state index contributed by atoms with van der Waals surface area (Å²) in [5.74, 6) is 0.666. The highest BCUT2D eigenvalue weighted by Crippen LogP contribution is 2.45. The molecule has 1 aliphatic rings. The van der Waals surface area contributed by atoms with Gasteiger partial charge in [0.25, 0.3) is 10.0 Å². The molecule has 0 aliphatic carbocycles. The lowest BCUT2D eigenvalue weighted by Gasteiger charge is -2.35. The van der Waals surface area contributed by atoms with Gasteiger partial charge in [0, 0.05) is 5.39 Å². The second kappa shape index (κ2) is 6.74. The Morgan fingerprint density at radius 1 is 0.900 bits per heavy atom. The van der Waals surface area contributed by atoms with Crippen LogP contribution in [0, 0.1) is 6.92 Å². The number of para-hydroxylation sites is 1. The molecule has 3 aromatic carbocycles. The Kier molecular flexibility index (Phi) is 4.26. The van der Waals surface area contributed by atoms with E-state index in [0.717, 1.165) is 16.5 Å². The fraction of sp³-hybridized carbons (Fsp3) is 0.200. The first kappa shape index (κ1) is 18.9. The highest BCUT2D eigenvalue weighted by atomic mass is 32.2. The van der Waals surface area contributed by atoms with Crippen molar-refractivity contribution in [2.75, 3.05) is 0 Å². The lowest BCUT2D eigenvalue weighted by Crippen LogP contribution is -2.34. The van der Waals surface area contributed by atoms with Gasteiger partial charge in [0.15, 0.2) is 5.75 Å². The molecule has 4 aromatic rings. The summed E-state index contributed by atoms with van der Waals surface area (Å²) in [5, 5.41) is 0.824. The van der Waals surface area contributed by atoms with Crippen LogP contribution in [0.25, 0.3) is 10.9 Å². The van der Waals surface area contributed by atoms with Gasteiger partial charge in [0.1, 0.15) is 5.60 Å². The number of fused-ring (bicyclic) bond motifs is 3. The molecule has 5 heteroatoms. The minimum atomic E-state index is -3.75. The molecular weight excluding hydrogens is 394 g/mol. The Morgan fingerprint density at radius 3 is 2.30 bits per heavy atom. The van der Waals surface area contributed by atoms with E-state index in [2.05, 4.69) is 19.1 Å². The Labute approximate surface area is 176 Å². The van der Waals surface area contributed by atoms with Gasteiger partial charge in [0.05, 0.1) is 16.1 Å². The number of nitrogens with zero attached hydrogens (tertiary/aromatic N) is 1. The molecule has 5 rings (SSSR count). The minimum Gasteiger partial charge on any atom is -0.480 e. The molecule has 1 unspecified atom stereocenters. The van der Waals surface area contributed by atoms with Crippen LogP contribution in [0.4, 0.5) is 0 Å². The van der Waals surface area contributed by atoms with Crippen molar-refractivity contribution in [3.8, 4) is 5.75 Å². The van der Waals surface area contributed by atoms with Gasteiger partial charge in [-0.2, -0.15) is 0 Å². The van der Waals surface area contributed by atoms with E-state index in [1.807, 2.05) is 61.5 Å². The van der Waals surface area contributed by atoms with E-state index in [1.165, 1.54) is 3.97 Å². The highest BCUT2D eigenvalue weighted by molar-refractivity contribution is 7.90. The normalized spacial score (nSPS) is 18.7. The Morgan fingerprint density at radius 2 is 1.57 bits per heavy atom. The number of rotatable bonds is 3. The van der Waals surface area contributed by atoms with Crippen molar-refractivity contribution in [3.05, 3.63) is 95.7 Å². The third-order valence-corrected chi connectivity index (χ3v) is 7.75. The molecule has 0 spiro atoms. The summed E-state index contributed by atoms with van der Waals surface area (Å²) < 4.78 is 35.3. The molecule has 2 heterocycles. The largest absolute Gasteiger partial charge is 0.480 e. The molecule has 0 amide bonds. The topological polar surface area (TPSA) is 48.3 Å². The molecular formula is C25H23NO3S. The van der Waals surface area contributed by atoms with Gasteiger partial charge >= 0.3 is 0 Å². The number of hydrogen-bond acceptors (Lipinski definition) is 3. The van der Waals surface area contributed by atoms with Gasteiger partial charge in [-0.3, -0.25) is 0 Å². The molecule has 4 nitrogen and oxygen atoms in total. The van der Waals surface area contributed by atoms with Crippen LogP contribution in [0.2, 0.25) is 0 Å². The molecule has 1 atom stereocenters. The molecule has 0 N–H and O–H groups in total. The average molecular weight is 418 g/mol. The fourth-order valence-electron chi connectivity index (χ4n) is 4.28. The van der Waals surface area contributed by atoms with E-state index in [4.69, 9.17) is 4.74 Å². The number of ether oxygens (including phenoxy) is 1. The van der Waals surface area contributed by atoms with Crippen LogP contribution < -0.4 is 4.74 Å². The van der Waals surface area contributed by atoms with Gasteiger partial charge < -0.3 is 4.74 Å². The maximum absolute atomic E-state index is 13.6. The predicted octanol–water partition coefficient (Wildman–Crippen LogP) is 5.43. The lowest BCUT2D eigenvalue weighted by atomic mass is 9.88. The van der Waals surface area contributed by atoms with Crippen LogP contribution in [0.3, 0.4) is 0 Å². The fourth-order valence-corrected chi connectivity index (χ4v) is 5.86. The van der Waals surface area contributed by atoms with E-state index in [-0.39, 0.29) is 4.90 Å². The molecule has 30 heavy (non-hydrogen) atoms. The van der Waals surface area contributed by atoms with Crippen LogP contribution in [0.5, 0.6) is 5.75 Å². The highest BCUT2D eigenvalue weighted by Gasteiger charge is 2.38. The first-order valence-electron chi connectivity index (χ1n) is 10.1. The summed E-state index contributed by atoms with van der Waals surface area (Å²) in [4.78, 5) is 0.285. The minimum absolute atomic E-state index is 0.285.